The van der Waals surface area contributed by atoms with Gasteiger partial charge in [-0.05, 0) is 29.8 Å². The third kappa shape index (κ3) is 2.63. The Bertz CT molecular complexity index is 809. The van der Waals surface area contributed by atoms with Crippen LogP contribution in [0.1, 0.15) is 11.3 Å². The fourth-order valence-corrected chi connectivity index (χ4v) is 2.49. The molecule has 0 unspecified atom stereocenters. The fraction of sp³-hybridized carbons (Fsp3) is 0.0556. The monoisotopic (exact) mass is 295 g/mol. The SMILES string of the molecule is C=C(c1ccc(OC)cc1)c1cc(Cl)c2ccccc2n1. The predicted octanol–water partition coefficient (Wildman–Crippen LogP) is 4.96. The molecule has 2 nitrogen and oxygen atoms in total. The zero-order valence-electron chi connectivity index (χ0n) is 11.6. The van der Waals surface area contributed by atoms with Crippen molar-refractivity contribution in [1.29, 1.82) is 0 Å². The lowest BCUT2D eigenvalue weighted by molar-refractivity contribution is 0.415. The van der Waals surface area contributed by atoms with Crippen molar-refractivity contribution in [2.75, 3.05) is 7.11 Å². The summed E-state index contributed by atoms with van der Waals surface area (Å²) in [5.74, 6) is 0.816. The second kappa shape index (κ2) is 5.58. The van der Waals surface area contributed by atoms with E-state index in [0.29, 0.717) is 5.02 Å². The van der Waals surface area contributed by atoms with Gasteiger partial charge in [0.05, 0.1) is 23.3 Å². The summed E-state index contributed by atoms with van der Waals surface area (Å²) < 4.78 is 5.16. The molecule has 0 amide bonds. The van der Waals surface area contributed by atoms with Gasteiger partial charge < -0.3 is 4.74 Å². The third-order valence-electron chi connectivity index (χ3n) is 3.41. The Kier molecular flexibility index (Phi) is 3.63. The van der Waals surface area contributed by atoms with Crippen LogP contribution in [0.2, 0.25) is 5.02 Å². The quantitative estimate of drug-likeness (QED) is 0.681. The average molecular weight is 296 g/mol. The number of benzene rings is 2. The molecule has 21 heavy (non-hydrogen) atoms. The highest BCUT2D eigenvalue weighted by molar-refractivity contribution is 6.35. The first-order valence-electron chi connectivity index (χ1n) is 6.58. The maximum Gasteiger partial charge on any atom is 0.118 e. The summed E-state index contributed by atoms with van der Waals surface area (Å²) >= 11 is 6.34. The Labute approximate surface area is 128 Å². The molecule has 104 valence electrons. The van der Waals surface area contributed by atoms with Crippen molar-refractivity contribution in [3.63, 3.8) is 0 Å². The van der Waals surface area contributed by atoms with Crippen molar-refractivity contribution in [1.82, 2.24) is 4.98 Å². The van der Waals surface area contributed by atoms with Crippen LogP contribution in [-0.2, 0) is 0 Å². The molecule has 0 spiro atoms. The van der Waals surface area contributed by atoms with Gasteiger partial charge in [0, 0.05) is 11.0 Å². The number of ether oxygens (including phenoxy) is 1. The first-order chi connectivity index (χ1) is 10.2. The largest absolute Gasteiger partial charge is 0.497 e. The fourth-order valence-electron chi connectivity index (χ4n) is 2.23. The molecular formula is C18H14ClNO. The molecule has 2 aromatic carbocycles. The van der Waals surface area contributed by atoms with Crippen LogP contribution in [-0.4, -0.2) is 12.1 Å². The van der Waals surface area contributed by atoms with Gasteiger partial charge in [-0.15, -0.1) is 0 Å². The van der Waals surface area contributed by atoms with Crippen molar-refractivity contribution in [2.24, 2.45) is 0 Å². The van der Waals surface area contributed by atoms with Gasteiger partial charge in [-0.3, -0.25) is 0 Å². The van der Waals surface area contributed by atoms with Crippen LogP contribution in [0.15, 0.2) is 61.2 Å². The van der Waals surface area contributed by atoms with Gasteiger partial charge in [-0.2, -0.15) is 0 Å². The minimum absolute atomic E-state index is 0.685. The number of halogens is 1. The number of fused-ring (bicyclic) bond motifs is 1. The number of rotatable bonds is 3. The molecule has 0 saturated carbocycles. The van der Waals surface area contributed by atoms with Crippen molar-refractivity contribution >= 4 is 28.1 Å². The maximum atomic E-state index is 6.34. The van der Waals surface area contributed by atoms with E-state index in [9.17, 15) is 0 Å². The van der Waals surface area contributed by atoms with E-state index in [2.05, 4.69) is 11.6 Å². The standard InChI is InChI=1S/C18H14ClNO/c1-12(13-7-9-14(21-2)10-8-13)18-11-16(19)15-5-3-4-6-17(15)20-18/h3-11H,1H2,2H3. The van der Waals surface area contributed by atoms with Gasteiger partial charge in [0.15, 0.2) is 0 Å². The van der Waals surface area contributed by atoms with Gasteiger partial charge in [-0.25, -0.2) is 4.98 Å². The Morgan fingerprint density at radius 3 is 2.52 bits per heavy atom. The van der Waals surface area contributed by atoms with Gasteiger partial charge in [0.1, 0.15) is 5.75 Å². The van der Waals surface area contributed by atoms with E-state index in [1.807, 2.05) is 54.6 Å². The molecule has 0 fully saturated rings. The van der Waals surface area contributed by atoms with E-state index in [4.69, 9.17) is 16.3 Å². The summed E-state index contributed by atoms with van der Waals surface area (Å²) in [5.41, 5.74) is 3.48. The number of hydrogen-bond acceptors (Lipinski definition) is 2. The van der Waals surface area contributed by atoms with Crippen LogP contribution in [0.25, 0.3) is 16.5 Å². The van der Waals surface area contributed by atoms with E-state index in [1.54, 1.807) is 7.11 Å². The predicted molar refractivity (Wildman–Crippen MR) is 87.9 cm³/mol. The highest BCUT2D eigenvalue weighted by atomic mass is 35.5. The Morgan fingerprint density at radius 2 is 1.81 bits per heavy atom. The van der Waals surface area contributed by atoms with E-state index < -0.39 is 0 Å². The number of pyridine rings is 1. The van der Waals surface area contributed by atoms with Gasteiger partial charge >= 0.3 is 0 Å². The summed E-state index contributed by atoms with van der Waals surface area (Å²) in [6, 6.07) is 17.4. The molecule has 3 rings (SSSR count). The van der Waals surface area contributed by atoms with Gasteiger partial charge in [-0.1, -0.05) is 48.5 Å². The molecule has 0 aliphatic carbocycles. The molecular weight excluding hydrogens is 282 g/mol. The van der Waals surface area contributed by atoms with Crippen molar-refractivity contribution in [3.8, 4) is 5.75 Å². The van der Waals surface area contributed by atoms with Crippen LogP contribution in [0.5, 0.6) is 5.75 Å². The first-order valence-corrected chi connectivity index (χ1v) is 6.96. The Morgan fingerprint density at radius 1 is 1.10 bits per heavy atom. The zero-order valence-corrected chi connectivity index (χ0v) is 12.4. The highest BCUT2D eigenvalue weighted by Gasteiger charge is 2.08. The van der Waals surface area contributed by atoms with Crippen LogP contribution >= 0.6 is 11.6 Å². The van der Waals surface area contributed by atoms with Crippen molar-refractivity contribution in [2.45, 2.75) is 0 Å². The minimum atomic E-state index is 0.685. The minimum Gasteiger partial charge on any atom is -0.497 e. The number of aromatic nitrogens is 1. The van der Waals surface area contributed by atoms with E-state index in [0.717, 1.165) is 33.5 Å². The van der Waals surface area contributed by atoms with Gasteiger partial charge in [0.25, 0.3) is 0 Å². The molecule has 0 bridgehead atoms. The molecule has 1 heterocycles. The van der Waals surface area contributed by atoms with Crippen molar-refractivity contribution in [3.05, 3.63) is 77.5 Å². The lowest BCUT2D eigenvalue weighted by Gasteiger charge is -2.09. The Hall–Kier alpha value is -2.32. The van der Waals surface area contributed by atoms with Crippen LogP contribution in [0.4, 0.5) is 0 Å². The molecule has 1 aromatic heterocycles. The lowest BCUT2D eigenvalue weighted by Crippen LogP contribution is -1.92. The molecule has 3 aromatic rings. The lowest BCUT2D eigenvalue weighted by atomic mass is 10.0. The summed E-state index contributed by atoms with van der Waals surface area (Å²) in [6.45, 7) is 4.14. The summed E-state index contributed by atoms with van der Waals surface area (Å²) in [4.78, 5) is 4.64. The summed E-state index contributed by atoms with van der Waals surface area (Å²) in [5, 5.41) is 1.63. The first kappa shape index (κ1) is 13.7. The maximum absolute atomic E-state index is 6.34. The number of nitrogens with zero attached hydrogens (tertiary/aromatic N) is 1. The highest BCUT2D eigenvalue weighted by Crippen LogP contribution is 2.28. The van der Waals surface area contributed by atoms with Gasteiger partial charge in [0.2, 0.25) is 0 Å². The molecule has 0 radical (unpaired) electrons. The van der Waals surface area contributed by atoms with Crippen LogP contribution in [0, 0.1) is 0 Å². The smallest absolute Gasteiger partial charge is 0.118 e. The van der Waals surface area contributed by atoms with Crippen LogP contribution in [0.3, 0.4) is 0 Å². The number of hydrogen-bond donors (Lipinski definition) is 0. The molecule has 0 N–H and O–H groups in total. The number of para-hydroxylation sites is 1. The summed E-state index contributed by atoms with van der Waals surface area (Å²) in [6.07, 6.45) is 0. The zero-order chi connectivity index (χ0) is 14.8. The topological polar surface area (TPSA) is 22.1 Å². The normalized spacial score (nSPS) is 10.6. The second-order valence-corrected chi connectivity index (χ2v) is 5.12. The van der Waals surface area contributed by atoms with Crippen molar-refractivity contribution < 1.29 is 4.74 Å². The molecule has 0 aliphatic heterocycles. The summed E-state index contributed by atoms with van der Waals surface area (Å²) in [7, 11) is 1.65. The second-order valence-electron chi connectivity index (χ2n) is 4.71. The molecule has 0 saturated heterocycles. The number of methoxy groups -OCH3 is 1. The Balaban J connectivity index is 2.04. The average Bonchev–Trinajstić information content (AvgIpc) is 2.54. The molecule has 3 heteroatoms. The van der Waals surface area contributed by atoms with E-state index in [-0.39, 0.29) is 0 Å². The van der Waals surface area contributed by atoms with Crippen LogP contribution < -0.4 is 4.74 Å². The van der Waals surface area contributed by atoms with E-state index in [1.165, 1.54) is 0 Å². The third-order valence-corrected chi connectivity index (χ3v) is 3.73. The molecule has 0 aliphatic rings. The molecule has 0 atom stereocenters. The van der Waals surface area contributed by atoms with E-state index >= 15 is 0 Å².